The highest BCUT2D eigenvalue weighted by Crippen LogP contribution is 1.97. The van der Waals surface area contributed by atoms with Crippen LogP contribution in [0.5, 0.6) is 0 Å². The number of alkyl halides is 1. The summed E-state index contributed by atoms with van der Waals surface area (Å²) in [7, 11) is 0. The molecule has 1 heterocycles. The normalized spacial score (nSPS) is 10.0. The van der Waals surface area contributed by atoms with Gasteiger partial charge in [0, 0.05) is 6.20 Å². The molecule has 0 unspecified atom stereocenters. The van der Waals surface area contributed by atoms with Gasteiger partial charge in [-0.2, -0.15) is 0 Å². The predicted molar refractivity (Wildman–Crippen MR) is 42.2 cm³/mol. The third-order valence-electron chi connectivity index (χ3n) is 1.18. The maximum atomic E-state index is 11.8. The van der Waals surface area contributed by atoms with E-state index in [-0.39, 0.29) is 12.1 Å². The summed E-state index contributed by atoms with van der Waals surface area (Å²) < 4.78 is 13.4. The molecule has 0 radical (unpaired) electrons. The molecule has 3 nitrogen and oxygen atoms in total. The highest BCUT2D eigenvalue weighted by Gasteiger charge is 1.98. The smallest absolute Gasteiger partial charge is 0.267 e. The second-order valence-electron chi connectivity index (χ2n) is 1.93. The van der Waals surface area contributed by atoms with Crippen molar-refractivity contribution < 1.29 is 4.39 Å². The Hall–Kier alpha value is -0.710. The first kappa shape index (κ1) is 8.39. The standard InChI is InChI=1S/C6H6BrFN2O/c7-5-3-9-4-10(2-1-8)6(5)11/h3-4H,1-2H2. The molecule has 1 rings (SSSR count). The van der Waals surface area contributed by atoms with Crippen molar-refractivity contribution in [2.45, 2.75) is 6.54 Å². The molecule has 0 atom stereocenters. The van der Waals surface area contributed by atoms with Crippen LogP contribution in [0.15, 0.2) is 21.8 Å². The van der Waals surface area contributed by atoms with Crippen LogP contribution in [0.3, 0.4) is 0 Å². The quantitative estimate of drug-likeness (QED) is 0.745. The summed E-state index contributed by atoms with van der Waals surface area (Å²) in [6, 6.07) is 0. The van der Waals surface area contributed by atoms with Crippen LogP contribution in [-0.4, -0.2) is 16.2 Å². The SMILES string of the molecule is O=c1c(Br)cncn1CCF. The van der Waals surface area contributed by atoms with Crippen LogP contribution < -0.4 is 5.56 Å². The largest absolute Gasteiger partial charge is 0.296 e. The van der Waals surface area contributed by atoms with Gasteiger partial charge in [-0.05, 0) is 15.9 Å². The van der Waals surface area contributed by atoms with Gasteiger partial charge in [0.25, 0.3) is 5.56 Å². The molecule has 0 spiro atoms. The molecule has 5 heteroatoms. The number of aromatic nitrogens is 2. The Bertz CT molecular complexity index is 299. The van der Waals surface area contributed by atoms with E-state index in [9.17, 15) is 9.18 Å². The zero-order chi connectivity index (χ0) is 8.27. The van der Waals surface area contributed by atoms with E-state index in [1.165, 1.54) is 17.1 Å². The van der Waals surface area contributed by atoms with Crippen LogP contribution in [-0.2, 0) is 6.54 Å². The minimum Gasteiger partial charge on any atom is -0.296 e. The molecule has 0 amide bonds. The maximum Gasteiger partial charge on any atom is 0.267 e. The minimum absolute atomic E-state index is 0.0608. The van der Waals surface area contributed by atoms with E-state index >= 15 is 0 Å². The van der Waals surface area contributed by atoms with Crippen LogP contribution in [0.25, 0.3) is 0 Å². The molecule has 0 bridgehead atoms. The number of aryl methyl sites for hydroxylation is 1. The fourth-order valence-electron chi connectivity index (χ4n) is 0.674. The fraction of sp³-hybridized carbons (Fsp3) is 0.333. The average molecular weight is 221 g/mol. The molecule has 11 heavy (non-hydrogen) atoms. The lowest BCUT2D eigenvalue weighted by Gasteiger charge is -1.99. The van der Waals surface area contributed by atoms with Gasteiger partial charge in [0.2, 0.25) is 0 Å². The lowest BCUT2D eigenvalue weighted by molar-refractivity contribution is 0.437. The zero-order valence-corrected chi connectivity index (χ0v) is 7.21. The van der Waals surface area contributed by atoms with Gasteiger partial charge in [-0.15, -0.1) is 0 Å². The molecule has 0 fully saturated rings. The molecule has 1 aromatic heterocycles. The second kappa shape index (κ2) is 3.61. The van der Waals surface area contributed by atoms with E-state index in [1.54, 1.807) is 0 Å². The Balaban J connectivity index is 3.07. The van der Waals surface area contributed by atoms with Crippen LogP contribution in [0.1, 0.15) is 0 Å². The molecular formula is C6H6BrFN2O. The van der Waals surface area contributed by atoms with E-state index in [0.29, 0.717) is 4.47 Å². The van der Waals surface area contributed by atoms with Gasteiger partial charge in [-0.3, -0.25) is 9.36 Å². The number of rotatable bonds is 2. The molecule has 0 saturated carbocycles. The lowest BCUT2D eigenvalue weighted by Crippen LogP contribution is -2.21. The average Bonchev–Trinajstić information content (AvgIpc) is 1.99. The van der Waals surface area contributed by atoms with Crippen molar-refractivity contribution in [3.8, 4) is 0 Å². The van der Waals surface area contributed by atoms with E-state index in [2.05, 4.69) is 20.9 Å². The highest BCUT2D eigenvalue weighted by atomic mass is 79.9. The molecule has 0 N–H and O–H groups in total. The van der Waals surface area contributed by atoms with Crippen LogP contribution in [0.2, 0.25) is 0 Å². The van der Waals surface area contributed by atoms with Crippen LogP contribution in [0.4, 0.5) is 4.39 Å². The topological polar surface area (TPSA) is 34.9 Å². The van der Waals surface area contributed by atoms with Gasteiger partial charge in [0.1, 0.15) is 11.1 Å². The Morgan fingerprint density at radius 1 is 1.73 bits per heavy atom. The maximum absolute atomic E-state index is 11.8. The molecule has 1 aromatic rings. The molecular weight excluding hydrogens is 215 g/mol. The Morgan fingerprint density at radius 3 is 3.09 bits per heavy atom. The summed E-state index contributed by atoms with van der Waals surface area (Å²) in [4.78, 5) is 14.8. The summed E-state index contributed by atoms with van der Waals surface area (Å²) in [6.07, 6.45) is 2.70. The van der Waals surface area contributed by atoms with Crippen molar-refractivity contribution in [2.24, 2.45) is 0 Å². The van der Waals surface area contributed by atoms with Gasteiger partial charge in [0.15, 0.2) is 0 Å². The van der Waals surface area contributed by atoms with Crippen molar-refractivity contribution in [1.82, 2.24) is 9.55 Å². The second-order valence-corrected chi connectivity index (χ2v) is 2.78. The summed E-state index contributed by atoms with van der Waals surface area (Å²) in [5.41, 5.74) is -0.252. The lowest BCUT2D eigenvalue weighted by atomic mass is 10.6. The first-order valence-electron chi connectivity index (χ1n) is 3.01. The molecule has 60 valence electrons. The van der Waals surface area contributed by atoms with E-state index in [1.807, 2.05) is 0 Å². The van der Waals surface area contributed by atoms with E-state index in [0.717, 1.165) is 0 Å². The number of halogens is 2. The van der Waals surface area contributed by atoms with E-state index < -0.39 is 6.67 Å². The molecule has 0 aliphatic carbocycles. The van der Waals surface area contributed by atoms with E-state index in [4.69, 9.17) is 0 Å². The van der Waals surface area contributed by atoms with Gasteiger partial charge in [-0.1, -0.05) is 0 Å². The summed E-state index contributed by atoms with van der Waals surface area (Å²) in [5, 5.41) is 0. The van der Waals surface area contributed by atoms with Gasteiger partial charge in [0.05, 0.1) is 12.9 Å². The number of hydrogen-bond acceptors (Lipinski definition) is 2. The van der Waals surface area contributed by atoms with Gasteiger partial charge in [-0.25, -0.2) is 9.37 Å². The van der Waals surface area contributed by atoms with Gasteiger partial charge < -0.3 is 0 Å². The minimum atomic E-state index is -0.558. The monoisotopic (exact) mass is 220 g/mol. The molecule has 0 saturated heterocycles. The Morgan fingerprint density at radius 2 is 2.45 bits per heavy atom. The predicted octanol–water partition coefficient (Wildman–Crippen LogP) is 0.975. The van der Waals surface area contributed by atoms with Crippen molar-refractivity contribution in [3.05, 3.63) is 27.4 Å². The van der Waals surface area contributed by atoms with Crippen LogP contribution in [0, 0.1) is 0 Å². The molecule has 0 aliphatic rings. The molecule has 0 aliphatic heterocycles. The van der Waals surface area contributed by atoms with Crippen molar-refractivity contribution in [1.29, 1.82) is 0 Å². The first-order chi connectivity index (χ1) is 5.25. The van der Waals surface area contributed by atoms with Crippen LogP contribution >= 0.6 is 15.9 Å². The third-order valence-corrected chi connectivity index (χ3v) is 1.73. The number of hydrogen-bond donors (Lipinski definition) is 0. The van der Waals surface area contributed by atoms with Crippen molar-refractivity contribution in [2.75, 3.05) is 6.67 Å². The summed E-state index contributed by atoms with van der Waals surface area (Å²) in [6.45, 7) is -0.497. The summed E-state index contributed by atoms with van der Waals surface area (Å²) >= 11 is 3.00. The highest BCUT2D eigenvalue weighted by molar-refractivity contribution is 9.10. The van der Waals surface area contributed by atoms with Gasteiger partial charge >= 0.3 is 0 Å². The number of nitrogens with zero attached hydrogens (tertiary/aromatic N) is 2. The third kappa shape index (κ3) is 1.86. The Labute approximate surface area is 71.0 Å². The summed E-state index contributed by atoms with van der Waals surface area (Å²) in [5.74, 6) is 0. The van der Waals surface area contributed by atoms with Crippen molar-refractivity contribution >= 4 is 15.9 Å². The van der Waals surface area contributed by atoms with Crippen molar-refractivity contribution in [3.63, 3.8) is 0 Å². The molecule has 0 aromatic carbocycles. The fourth-order valence-corrected chi connectivity index (χ4v) is 1.02. The zero-order valence-electron chi connectivity index (χ0n) is 5.63. The first-order valence-corrected chi connectivity index (χ1v) is 3.81. The Kier molecular flexibility index (Phi) is 2.76.